The van der Waals surface area contributed by atoms with Gasteiger partial charge in [0.2, 0.25) is 0 Å². The highest BCUT2D eigenvalue weighted by Gasteiger charge is 2.32. The molecule has 4 nitrogen and oxygen atoms in total. The van der Waals surface area contributed by atoms with Gasteiger partial charge in [-0.05, 0) is 68.1 Å². The first-order chi connectivity index (χ1) is 12.8. The number of carbonyl (C=O) groups excluding carboxylic acids is 1. The van der Waals surface area contributed by atoms with Crippen LogP contribution < -0.4 is 4.74 Å². The topological polar surface area (TPSA) is 44.8 Å². The zero-order chi connectivity index (χ0) is 19.9. The summed E-state index contributed by atoms with van der Waals surface area (Å²) in [5.41, 5.74) is 1.61. The molecule has 0 saturated heterocycles. The summed E-state index contributed by atoms with van der Waals surface area (Å²) in [6.07, 6.45) is 4.74. The molecule has 152 valence electrons. The van der Waals surface area contributed by atoms with Gasteiger partial charge in [0.05, 0.1) is 12.5 Å². The molecule has 1 aliphatic rings. The molecule has 1 saturated carbocycles. The molecule has 1 fully saturated rings. The largest absolute Gasteiger partial charge is 0.465 e. The second-order valence-corrected chi connectivity index (χ2v) is 8.64. The third-order valence-corrected chi connectivity index (χ3v) is 5.60. The lowest BCUT2D eigenvalue weighted by molar-refractivity contribution is -0.154. The lowest BCUT2D eigenvalue weighted by Gasteiger charge is -2.36. The van der Waals surface area contributed by atoms with Gasteiger partial charge >= 0.3 is 5.97 Å². The molecule has 0 heterocycles. The van der Waals surface area contributed by atoms with Crippen molar-refractivity contribution in [1.29, 1.82) is 0 Å². The van der Waals surface area contributed by atoms with Crippen LogP contribution in [-0.4, -0.2) is 25.5 Å². The minimum absolute atomic E-state index is 0.0503. The van der Waals surface area contributed by atoms with Crippen molar-refractivity contribution in [2.24, 2.45) is 17.3 Å². The molecule has 4 heteroatoms. The molecular weight excluding hydrogens is 340 g/mol. The molecule has 0 aromatic heterocycles. The minimum atomic E-state index is -0.376. The first-order valence-corrected chi connectivity index (χ1v) is 10.3. The van der Waals surface area contributed by atoms with Gasteiger partial charge in [0, 0.05) is 0 Å². The number of ether oxygens (including phenoxy) is 3. The fourth-order valence-electron chi connectivity index (χ4n) is 3.70. The van der Waals surface area contributed by atoms with Gasteiger partial charge in [-0.15, -0.1) is 0 Å². The standard InChI is InChI=1S/C23H36O4/c1-6-18-7-13-21(14-8-18)27-17(2)25-15-16-26-22(24)19-9-11-20(12-10-19)23(3,4)5/h7-8,13-14,17,19-20H,6,9-12,15-16H2,1-5H3. The second kappa shape index (κ2) is 10.1. The number of benzene rings is 1. The molecule has 1 atom stereocenters. The average molecular weight is 377 g/mol. The van der Waals surface area contributed by atoms with E-state index >= 15 is 0 Å². The Morgan fingerprint density at radius 3 is 2.26 bits per heavy atom. The summed E-state index contributed by atoms with van der Waals surface area (Å²) in [5, 5.41) is 0. The van der Waals surface area contributed by atoms with Crippen molar-refractivity contribution in [3.63, 3.8) is 0 Å². The van der Waals surface area contributed by atoms with Crippen LogP contribution in [0, 0.1) is 17.3 Å². The fourth-order valence-corrected chi connectivity index (χ4v) is 3.70. The number of hydrogen-bond acceptors (Lipinski definition) is 4. The highest BCUT2D eigenvalue weighted by molar-refractivity contribution is 5.72. The number of esters is 1. The molecule has 0 spiro atoms. The minimum Gasteiger partial charge on any atom is -0.465 e. The molecule has 1 aromatic carbocycles. The van der Waals surface area contributed by atoms with Crippen molar-refractivity contribution in [3.8, 4) is 5.75 Å². The van der Waals surface area contributed by atoms with E-state index in [1.165, 1.54) is 5.56 Å². The number of rotatable bonds is 8. The Hall–Kier alpha value is -1.55. The van der Waals surface area contributed by atoms with Gasteiger partial charge in [0.25, 0.3) is 0 Å². The Kier molecular flexibility index (Phi) is 8.15. The zero-order valence-corrected chi connectivity index (χ0v) is 17.6. The summed E-state index contributed by atoms with van der Waals surface area (Å²) in [4.78, 5) is 12.2. The zero-order valence-electron chi connectivity index (χ0n) is 17.6. The lowest BCUT2D eigenvalue weighted by Crippen LogP contribution is -2.30. The van der Waals surface area contributed by atoms with E-state index in [1.807, 2.05) is 19.1 Å². The highest BCUT2D eigenvalue weighted by atomic mass is 16.7. The molecule has 1 unspecified atom stereocenters. The van der Waals surface area contributed by atoms with Crippen LogP contribution in [0.4, 0.5) is 0 Å². The summed E-state index contributed by atoms with van der Waals surface area (Å²) >= 11 is 0. The first kappa shape index (κ1) is 21.7. The van der Waals surface area contributed by atoms with Crippen LogP contribution in [0.15, 0.2) is 24.3 Å². The van der Waals surface area contributed by atoms with Crippen molar-refractivity contribution >= 4 is 5.97 Å². The van der Waals surface area contributed by atoms with Crippen LogP contribution in [0.5, 0.6) is 5.75 Å². The molecular formula is C23H36O4. The van der Waals surface area contributed by atoms with Crippen LogP contribution in [0.25, 0.3) is 0 Å². The quantitative estimate of drug-likeness (QED) is 0.347. The maximum absolute atomic E-state index is 12.2. The van der Waals surface area contributed by atoms with E-state index in [4.69, 9.17) is 14.2 Å². The van der Waals surface area contributed by atoms with E-state index in [0.717, 1.165) is 37.9 Å². The monoisotopic (exact) mass is 376 g/mol. The van der Waals surface area contributed by atoms with Gasteiger partial charge in [-0.25, -0.2) is 0 Å². The summed E-state index contributed by atoms with van der Waals surface area (Å²) in [6.45, 7) is 11.5. The van der Waals surface area contributed by atoms with E-state index < -0.39 is 0 Å². The van der Waals surface area contributed by atoms with Crippen molar-refractivity contribution in [3.05, 3.63) is 29.8 Å². The average Bonchev–Trinajstić information content (AvgIpc) is 2.65. The summed E-state index contributed by atoms with van der Waals surface area (Å²) in [5.74, 6) is 1.46. The third kappa shape index (κ3) is 7.17. The Morgan fingerprint density at radius 2 is 1.70 bits per heavy atom. The summed E-state index contributed by atoms with van der Waals surface area (Å²) < 4.78 is 16.7. The number of carbonyl (C=O) groups is 1. The van der Waals surface area contributed by atoms with Gasteiger partial charge in [-0.1, -0.05) is 39.8 Å². The molecule has 0 amide bonds. The Balaban J connectivity index is 1.61. The fraction of sp³-hybridized carbons (Fsp3) is 0.696. The molecule has 0 bridgehead atoms. The maximum Gasteiger partial charge on any atom is 0.309 e. The van der Waals surface area contributed by atoms with Gasteiger partial charge in [0.1, 0.15) is 12.4 Å². The van der Waals surface area contributed by atoms with Crippen LogP contribution in [0.1, 0.15) is 65.9 Å². The number of hydrogen-bond donors (Lipinski definition) is 0. The van der Waals surface area contributed by atoms with Gasteiger partial charge in [-0.2, -0.15) is 0 Å². The van der Waals surface area contributed by atoms with Crippen molar-refractivity contribution in [2.45, 2.75) is 73.0 Å². The van der Waals surface area contributed by atoms with E-state index in [2.05, 4.69) is 39.8 Å². The number of aryl methyl sites for hydroxylation is 1. The molecule has 27 heavy (non-hydrogen) atoms. The van der Waals surface area contributed by atoms with Gasteiger partial charge in [-0.3, -0.25) is 4.79 Å². The first-order valence-electron chi connectivity index (χ1n) is 10.3. The van der Waals surface area contributed by atoms with Gasteiger partial charge < -0.3 is 14.2 Å². The normalized spacial score (nSPS) is 21.5. The van der Waals surface area contributed by atoms with Crippen LogP contribution in [0.2, 0.25) is 0 Å². The van der Waals surface area contributed by atoms with E-state index in [-0.39, 0.29) is 24.8 Å². The van der Waals surface area contributed by atoms with E-state index in [0.29, 0.717) is 17.9 Å². The smallest absolute Gasteiger partial charge is 0.309 e. The van der Waals surface area contributed by atoms with Gasteiger partial charge in [0.15, 0.2) is 6.29 Å². The SMILES string of the molecule is CCc1ccc(OC(C)OCCOC(=O)C2CCC(C(C)(C)C)CC2)cc1. The molecule has 1 aromatic rings. The highest BCUT2D eigenvalue weighted by Crippen LogP contribution is 2.40. The predicted octanol–water partition coefficient (Wildman–Crippen LogP) is 5.39. The second-order valence-electron chi connectivity index (χ2n) is 8.64. The van der Waals surface area contributed by atoms with Crippen molar-refractivity contribution < 1.29 is 19.0 Å². The molecule has 2 rings (SSSR count). The van der Waals surface area contributed by atoms with Crippen LogP contribution in [-0.2, 0) is 20.7 Å². The molecule has 0 N–H and O–H groups in total. The molecule has 1 aliphatic carbocycles. The Bertz CT molecular complexity index is 565. The Labute approximate surface area is 164 Å². The van der Waals surface area contributed by atoms with E-state index in [9.17, 15) is 4.79 Å². The third-order valence-electron chi connectivity index (χ3n) is 5.60. The molecule has 0 aliphatic heterocycles. The van der Waals surface area contributed by atoms with Crippen molar-refractivity contribution in [2.75, 3.05) is 13.2 Å². The summed E-state index contributed by atoms with van der Waals surface area (Å²) in [7, 11) is 0. The maximum atomic E-state index is 12.2. The molecule has 0 radical (unpaired) electrons. The lowest BCUT2D eigenvalue weighted by atomic mass is 9.70. The predicted molar refractivity (Wildman–Crippen MR) is 108 cm³/mol. The Morgan fingerprint density at radius 1 is 1.07 bits per heavy atom. The van der Waals surface area contributed by atoms with Crippen LogP contribution >= 0.6 is 0 Å². The van der Waals surface area contributed by atoms with Crippen LogP contribution in [0.3, 0.4) is 0 Å². The summed E-state index contributed by atoms with van der Waals surface area (Å²) in [6, 6.07) is 8.01. The van der Waals surface area contributed by atoms with Crippen molar-refractivity contribution in [1.82, 2.24) is 0 Å². The van der Waals surface area contributed by atoms with E-state index in [1.54, 1.807) is 0 Å².